The average molecular weight is 311 g/mol. The Kier molecular flexibility index (Phi) is 5.22. The summed E-state index contributed by atoms with van der Waals surface area (Å²) in [6.07, 6.45) is 1.37. The summed E-state index contributed by atoms with van der Waals surface area (Å²) in [5.74, 6) is 3.21. The molecule has 2 heteroatoms. The van der Waals surface area contributed by atoms with Gasteiger partial charge in [0.15, 0.2) is 0 Å². The predicted octanol–water partition coefficient (Wildman–Crippen LogP) is 4.83. The molecule has 2 aromatic rings. The van der Waals surface area contributed by atoms with Gasteiger partial charge in [-0.1, -0.05) is 57.2 Å². The van der Waals surface area contributed by atoms with Gasteiger partial charge in [-0.05, 0) is 29.7 Å². The van der Waals surface area contributed by atoms with E-state index >= 15 is 0 Å². The molecule has 3 atom stereocenters. The van der Waals surface area contributed by atoms with Gasteiger partial charge in [-0.15, -0.1) is 0 Å². The van der Waals surface area contributed by atoms with Crippen LogP contribution < -0.4 is 4.74 Å². The molecule has 0 aromatic heterocycles. The number of piperidine rings is 1. The lowest BCUT2D eigenvalue weighted by molar-refractivity contribution is 0.110. The van der Waals surface area contributed by atoms with Gasteiger partial charge in [0.25, 0.3) is 0 Å². The molecule has 3 rings (SSSR count). The van der Waals surface area contributed by atoms with E-state index in [0.29, 0.717) is 5.92 Å². The van der Waals surface area contributed by atoms with Crippen LogP contribution in [-0.2, 0) is 0 Å². The number of hydrogen-bond donors (Lipinski definition) is 0. The smallest absolute Gasteiger partial charge is 0.127 e. The fraction of sp³-hybridized carbons (Fsp3) is 0.524. The quantitative estimate of drug-likeness (QED) is 0.784. The Morgan fingerprint density at radius 2 is 1.74 bits per heavy atom. The highest BCUT2D eigenvalue weighted by Crippen LogP contribution is 2.26. The number of rotatable bonds is 5. The van der Waals surface area contributed by atoms with Crippen molar-refractivity contribution in [3.63, 3.8) is 0 Å². The lowest BCUT2D eigenvalue weighted by Crippen LogP contribution is -2.41. The zero-order chi connectivity index (χ0) is 16.2. The number of ether oxygens (including phenoxy) is 1. The summed E-state index contributed by atoms with van der Waals surface area (Å²) in [5, 5.41) is 2.46. The van der Waals surface area contributed by atoms with Crippen LogP contribution in [0.4, 0.5) is 0 Å². The van der Waals surface area contributed by atoms with Crippen molar-refractivity contribution in [2.45, 2.75) is 27.2 Å². The first kappa shape index (κ1) is 16.3. The Bertz CT molecular complexity index is 623. The molecule has 0 amide bonds. The fourth-order valence-electron chi connectivity index (χ4n) is 3.99. The summed E-state index contributed by atoms with van der Waals surface area (Å²) in [4.78, 5) is 2.62. The van der Waals surface area contributed by atoms with Gasteiger partial charge >= 0.3 is 0 Å². The molecular weight excluding hydrogens is 282 g/mol. The molecule has 1 saturated heterocycles. The van der Waals surface area contributed by atoms with Crippen molar-refractivity contribution < 1.29 is 4.74 Å². The summed E-state index contributed by atoms with van der Waals surface area (Å²) < 4.78 is 6.15. The van der Waals surface area contributed by atoms with E-state index < -0.39 is 0 Å². The van der Waals surface area contributed by atoms with Crippen LogP contribution in [0.3, 0.4) is 0 Å². The van der Waals surface area contributed by atoms with Crippen LogP contribution in [0.2, 0.25) is 0 Å². The second-order valence-electron chi connectivity index (χ2n) is 7.56. The van der Waals surface area contributed by atoms with Crippen LogP contribution in [0, 0.1) is 17.8 Å². The van der Waals surface area contributed by atoms with Crippen LogP contribution in [0.5, 0.6) is 5.75 Å². The molecule has 0 spiro atoms. The predicted molar refractivity (Wildman–Crippen MR) is 98.0 cm³/mol. The van der Waals surface area contributed by atoms with Gasteiger partial charge in [0.2, 0.25) is 0 Å². The Labute approximate surface area is 140 Å². The van der Waals surface area contributed by atoms with Gasteiger partial charge in [-0.3, -0.25) is 0 Å². The first-order valence-corrected chi connectivity index (χ1v) is 8.94. The van der Waals surface area contributed by atoms with Crippen LogP contribution in [0.15, 0.2) is 42.5 Å². The molecular formula is C21H29NO. The van der Waals surface area contributed by atoms with E-state index in [2.05, 4.69) is 68.1 Å². The van der Waals surface area contributed by atoms with Crippen LogP contribution in [-0.4, -0.2) is 31.1 Å². The van der Waals surface area contributed by atoms with Crippen molar-refractivity contribution in [3.8, 4) is 5.75 Å². The minimum absolute atomic E-state index is 0.548. The number of fused-ring (bicyclic) bond motifs is 1. The Balaban J connectivity index is 1.57. The number of hydrogen-bond acceptors (Lipinski definition) is 2. The normalized spacial score (nSPS) is 23.8. The molecule has 0 aliphatic carbocycles. The highest BCUT2D eigenvalue weighted by atomic mass is 16.5. The highest BCUT2D eigenvalue weighted by molar-refractivity contribution is 5.88. The molecule has 1 aliphatic heterocycles. The Morgan fingerprint density at radius 3 is 2.52 bits per heavy atom. The molecule has 0 bridgehead atoms. The third-order valence-corrected chi connectivity index (χ3v) is 4.79. The highest BCUT2D eigenvalue weighted by Gasteiger charge is 2.22. The second kappa shape index (κ2) is 7.35. The van der Waals surface area contributed by atoms with Gasteiger partial charge < -0.3 is 9.64 Å². The maximum Gasteiger partial charge on any atom is 0.127 e. The van der Waals surface area contributed by atoms with E-state index in [1.807, 2.05) is 0 Å². The van der Waals surface area contributed by atoms with Crippen molar-refractivity contribution in [2.24, 2.45) is 17.8 Å². The number of nitrogens with zero attached hydrogens (tertiary/aromatic N) is 1. The zero-order valence-electron chi connectivity index (χ0n) is 14.7. The molecule has 2 aromatic carbocycles. The van der Waals surface area contributed by atoms with E-state index in [4.69, 9.17) is 4.74 Å². The summed E-state index contributed by atoms with van der Waals surface area (Å²) in [6, 6.07) is 14.7. The van der Waals surface area contributed by atoms with Crippen LogP contribution in [0.25, 0.3) is 10.8 Å². The molecule has 0 radical (unpaired) electrons. The summed E-state index contributed by atoms with van der Waals surface area (Å²) in [5.41, 5.74) is 0. The second-order valence-corrected chi connectivity index (χ2v) is 7.56. The molecule has 23 heavy (non-hydrogen) atoms. The largest absolute Gasteiger partial charge is 0.493 e. The fourth-order valence-corrected chi connectivity index (χ4v) is 3.99. The maximum absolute atomic E-state index is 6.15. The molecule has 1 aliphatic rings. The summed E-state index contributed by atoms with van der Waals surface area (Å²) in [6.45, 7) is 11.5. The van der Waals surface area contributed by atoms with Gasteiger partial charge in [-0.2, -0.15) is 0 Å². The monoisotopic (exact) mass is 311 g/mol. The number of likely N-dealkylation sites (tertiary alicyclic amines) is 1. The van der Waals surface area contributed by atoms with Crippen molar-refractivity contribution in [1.82, 2.24) is 4.90 Å². The third-order valence-electron chi connectivity index (χ3n) is 4.79. The number of benzene rings is 2. The van der Waals surface area contributed by atoms with Crippen molar-refractivity contribution >= 4 is 10.8 Å². The molecule has 0 N–H and O–H groups in total. The minimum atomic E-state index is 0.548. The summed E-state index contributed by atoms with van der Waals surface area (Å²) in [7, 11) is 0. The third kappa shape index (κ3) is 4.26. The maximum atomic E-state index is 6.15. The molecule has 1 fully saturated rings. The van der Waals surface area contributed by atoms with Crippen molar-refractivity contribution in [1.29, 1.82) is 0 Å². The van der Waals surface area contributed by atoms with Crippen LogP contribution >= 0.6 is 0 Å². The average Bonchev–Trinajstić information content (AvgIpc) is 2.52. The molecule has 0 unspecified atom stereocenters. The van der Waals surface area contributed by atoms with Gasteiger partial charge in [0, 0.05) is 30.9 Å². The molecule has 124 valence electrons. The van der Waals surface area contributed by atoms with Crippen molar-refractivity contribution in [2.75, 3.05) is 26.2 Å². The molecule has 1 heterocycles. The molecule has 2 nitrogen and oxygen atoms in total. The van der Waals surface area contributed by atoms with E-state index in [1.54, 1.807) is 0 Å². The standard InChI is InChI=1S/C21H29NO/c1-16-11-17(2)13-22(12-16)14-18(3)15-23-21-10-6-8-19-7-4-5-9-20(19)21/h4-10,16-18H,11-15H2,1-3H3/t16-,17+,18-/m1/s1. The van der Waals surface area contributed by atoms with Crippen molar-refractivity contribution in [3.05, 3.63) is 42.5 Å². The zero-order valence-corrected chi connectivity index (χ0v) is 14.7. The lowest BCUT2D eigenvalue weighted by atomic mass is 9.91. The Hall–Kier alpha value is -1.54. The van der Waals surface area contributed by atoms with E-state index in [-0.39, 0.29) is 0 Å². The van der Waals surface area contributed by atoms with E-state index in [9.17, 15) is 0 Å². The minimum Gasteiger partial charge on any atom is -0.493 e. The van der Waals surface area contributed by atoms with E-state index in [0.717, 1.165) is 30.7 Å². The van der Waals surface area contributed by atoms with Gasteiger partial charge in [0.1, 0.15) is 5.75 Å². The molecule has 0 saturated carbocycles. The van der Waals surface area contributed by atoms with Crippen LogP contribution in [0.1, 0.15) is 27.2 Å². The Morgan fingerprint density at radius 1 is 1.04 bits per heavy atom. The first-order chi connectivity index (χ1) is 11.1. The first-order valence-electron chi connectivity index (χ1n) is 8.94. The topological polar surface area (TPSA) is 12.5 Å². The summed E-state index contributed by atoms with van der Waals surface area (Å²) >= 11 is 0. The lowest BCUT2D eigenvalue weighted by Gasteiger charge is -2.36. The van der Waals surface area contributed by atoms with E-state index in [1.165, 1.54) is 30.3 Å². The SMILES string of the molecule is C[C@@H]1C[C@H](C)CN(C[C@@H](C)COc2cccc3ccccc23)C1. The van der Waals surface area contributed by atoms with Gasteiger partial charge in [0.05, 0.1) is 6.61 Å². The van der Waals surface area contributed by atoms with Gasteiger partial charge in [-0.25, -0.2) is 0 Å².